The van der Waals surface area contributed by atoms with Gasteiger partial charge in [-0.2, -0.15) is 4.98 Å². The van der Waals surface area contributed by atoms with Crippen LogP contribution in [0.1, 0.15) is 56.3 Å². The number of benzene rings is 1. The number of H-pyrrole nitrogens is 1. The van der Waals surface area contributed by atoms with Crippen molar-refractivity contribution < 1.29 is 4.39 Å². The molecule has 1 aromatic carbocycles. The lowest BCUT2D eigenvalue weighted by atomic mass is 10.1. The van der Waals surface area contributed by atoms with E-state index in [1.807, 2.05) is 6.92 Å². The van der Waals surface area contributed by atoms with E-state index < -0.39 is 0 Å². The van der Waals surface area contributed by atoms with E-state index in [1.165, 1.54) is 25.0 Å². The number of halogens is 1. The molecular formula is C20H24FN5O. The van der Waals surface area contributed by atoms with Gasteiger partial charge in [0, 0.05) is 19.0 Å². The van der Waals surface area contributed by atoms with E-state index in [0.29, 0.717) is 36.1 Å². The van der Waals surface area contributed by atoms with Crippen molar-refractivity contribution in [2.75, 3.05) is 5.32 Å². The average molecular weight is 369 g/mol. The molecule has 6 nitrogen and oxygen atoms in total. The summed E-state index contributed by atoms with van der Waals surface area (Å²) in [6.07, 6.45) is 5.46. The zero-order valence-electron chi connectivity index (χ0n) is 15.5. The number of hydrogen-bond donors (Lipinski definition) is 2. The Balaban J connectivity index is 1.68. The van der Waals surface area contributed by atoms with Crippen molar-refractivity contribution in [2.45, 2.75) is 58.0 Å². The topological polar surface area (TPSA) is 75.6 Å². The quantitative estimate of drug-likeness (QED) is 0.690. The molecule has 3 aromatic rings. The van der Waals surface area contributed by atoms with Crippen molar-refractivity contribution in [1.82, 2.24) is 19.5 Å². The van der Waals surface area contributed by atoms with E-state index in [4.69, 9.17) is 0 Å². The highest BCUT2D eigenvalue weighted by molar-refractivity contribution is 5.71. The Bertz CT molecular complexity index is 986. The summed E-state index contributed by atoms with van der Waals surface area (Å²) in [4.78, 5) is 25.5. The highest BCUT2D eigenvalue weighted by atomic mass is 19.1. The van der Waals surface area contributed by atoms with Gasteiger partial charge in [0.05, 0.1) is 0 Å². The van der Waals surface area contributed by atoms with Crippen molar-refractivity contribution in [1.29, 1.82) is 0 Å². The Morgan fingerprint density at radius 1 is 1.22 bits per heavy atom. The minimum Gasteiger partial charge on any atom is -0.351 e. The van der Waals surface area contributed by atoms with E-state index in [0.717, 1.165) is 30.7 Å². The lowest BCUT2D eigenvalue weighted by Crippen LogP contribution is -2.25. The first-order valence-corrected chi connectivity index (χ1v) is 9.64. The molecule has 1 aliphatic rings. The van der Waals surface area contributed by atoms with Crippen LogP contribution in [0.5, 0.6) is 0 Å². The second-order valence-corrected chi connectivity index (χ2v) is 7.17. The first kappa shape index (κ1) is 17.7. The average Bonchev–Trinajstić information content (AvgIpc) is 3.33. The SMILES string of the molecule is CCCn1c(NCc2ccc(F)cc2)nc2nc(C3CCCC3)[nH]c2c1=O. The number of aromatic amines is 1. The van der Waals surface area contributed by atoms with Crippen LogP contribution in [0.15, 0.2) is 29.1 Å². The Morgan fingerprint density at radius 3 is 2.67 bits per heavy atom. The van der Waals surface area contributed by atoms with Gasteiger partial charge in [0.25, 0.3) is 5.56 Å². The molecule has 1 fully saturated rings. The van der Waals surface area contributed by atoms with Gasteiger partial charge in [-0.25, -0.2) is 9.37 Å². The zero-order chi connectivity index (χ0) is 18.8. The van der Waals surface area contributed by atoms with Gasteiger partial charge in [0.1, 0.15) is 11.6 Å². The summed E-state index contributed by atoms with van der Waals surface area (Å²) >= 11 is 0. The molecule has 0 bridgehead atoms. The highest BCUT2D eigenvalue weighted by Crippen LogP contribution is 2.32. The fourth-order valence-electron chi connectivity index (χ4n) is 3.75. The molecule has 2 aromatic heterocycles. The molecule has 0 spiro atoms. The number of nitrogens with zero attached hydrogens (tertiary/aromatic N) is 3. The number of hydrogen-bond acceptors (Lipinski definition) is 4. The number of aromatic nitrogens is 4. The minimum absolute atomic E-state index is 0.0970. The lowest BCUT2D eigenvalue weighted by Gasteiger charge is -2.12. The van der Waals surface area contributed by atoms with Gasteiger partial charge in [-0.05, 0) is 37.0 Å². The normalized spacial score (nSPS) is 14.9. The molecule has 7 heteroatoms. The number of anilines is 1. The van der Waals surface area contributed by atoms with Crippen molar-refractivity contribution in [2.24, 2.45) is 0 Å². The number of fused-ring (bicyclic) bond motifs is 1. The molecule has 0 radical (unpaired) electrons. The first-order chi connectivity index (χ1) is 13.2. The van der Waals surface area contributed by atoms with Gasteiger partial charge in [0.15, 0.2) is 11.2 Å². The van der Waals surface area contributed by atoms with Gasteiger partial charge in [0.2, 0.25) is 5.95 Å². The molecule has 0 atom stereocenters. The molecule has 2 N–H and O–H groups in total. The third kappa shape index (κ3) is 3.59. The van der Waals surface area contributed by atoms with Gasteiger partial charge < -0.3 is 10.3 Å². The van der Waals surface area contributed by atoms with Crippen molar-refractivity contribution >= 4 is 17.1 Å². The molecule has 27 heavy (non-hydrogen) atoms. The van der Waals surface area contributed by atoms with E-state index >= 15 is 0 Å². The maximum Gasteiger partial charge on any atom is 0.280 e. The second kappa shape index (κ2) is 7.50. The Morgan fingerprint density at radius 2 is 1.96 bits per heavy atom. The third-order valence-corrected chi connectivity index (χ3v) is 5.18. The predicted molar refractivity (Wildman–Crippen MR) is 103 cm³/mol. The summed E-state index contributed by atoms with van der Waals surface area (Å²) in [7, 11) is 0. The van der Waals surface area contributed by atoms with Crippen LogP contribution in [0.3, 0.4) is 0 Å². The number of rotatable bonds is 6. The van der Waals surface area contributed by atoms with Gasteiger partial charge in [-0.1, -0.05) is 31.9 Å². The lowest BCUT2D eigenvalue weighted by molar-refractivity contribution is 0.627. The monoisotopic (exact) mass is 369 g/mol. The third-order valence-electron chi connectivity index (χ3n) is 5.18. The summed E-state index contributed by atoms with van der Waals surface area (Å²) in [5.74, 6) is 1.51. The van der Waals surface area contributed by atoms with Gasteiger partial charge in [-0.15, -0.1) is 0 Å². The van der Waals surface area contributed by atoms with Crippen LogP contribution in [-0.2, 0) is 13.1 Å². The second-order valence-electron chi connectivity index (χ2n) is 7.17. The highest BCUT2D eigenvalue weighted by Gasteiger charge is 2.22. The molecule has 0 aliphatic heterocycles. The fourth-order valence-corrected chi connectivity index (χ4v) is 3.75. The summed E-state index contributed by atoms with van der Waals surface area (Å²) < 4.78 is 14.7. The van der Waals surface area contributed by atoms with Gasteiger partial charge >= 0.3 is 0 Å². The first-order valence-electron chi connectivity index (χ1n) is 9.64. The van der Waals surface area contributed by atoms with E-state index in [-0.39, 0.29) is 11.4 Å². The number of nitrogens with one attached hydrogen (secondary N) is 2. The molecule has 0 unspecified atom stereocenters. The van der Waals surface area contributed by atoms with E-state index in [9.17, 15) is 9.18 Å². The molecule has 0 amide bonds. The standard InChI is InChI=1S/C20H24FN5O/c1-2-11-26-19(27)16-18(24-17(23-16)14-5-3-4-6-14)25-20(26)22-12-13-7-9-15(21)10-8-13/h7-10,14H,2-6,11-12H2,1H3,(H,22,25)(H,23,24). The molecule has 2 heterocycles. The minimum atomic E-state index is -0.267. The van der Waals surface area contributed by atoms with E-state index in [2.05, 4.69) is 20.3 Å². The molecule has 4 rings (SSSR count). The molecule has 142 valence electrons. The summed E-state index contributed by atoms with van der Waals surface area (Å²) in [6, 6.07) is 6.29. The summed E-state index contributed by atoms with van der Waals surface area (Å²) in [5.41, 5.74) is 1.77. The smallest absolute Gasteiger partial charge is 0.280 e. The number of imidazole rings is 1. The molecular weight excluding hydrogens is 345 g/mol. The van der Waals surface area contributed by atoms with Crippen LogP contribution < -0.4 is 10.9 Å². The summed E-state index contributed by atoms with van der Waals surface area (Å²) in [6.45, 7) is 3.06. The Hall–Kier alpha value is -2.70. The Labute approximate surface area is 156 Å². The van der Waals surface area contributed by atoms with E-state index in [1.54, 1.807) is 16.7 Å². The maximum absolute atomic E-state index is 13.1. The van der Waals surface area contributed by atoms with Crippen molar-refractivity contribution in [3.05, 3.63) is 51.8 Å². The molecule has 0 saturated heterocycles. The van der Waals surface area contributed by atoms with Crippen LogP contribution in [-0.4, -0.2) is 19.5 Å². The molecule has 1 saturated carbocycles. The Kier molecular flexibility index (Phi) is 4.92. The van der Waals surface area contributed by atoms with Crippen LogP contribution in [0, 0.1) is 5.82 Å². The molecule has 1 aliphatic carbocycles. The largest absolute Gasteiger partial charge is 0.351 e. The fraction of sp³-hybridized carbons (Fsp3) is 0.450. The van der Waals surface area contributed by atoms with Crippen molar-refractivity contribution in [3.8, 4) is 0 Å². The van der Waals surface area contributed by atoms with Crippen LogP contribution >= 0.6 is 0 Å². The van der Waals surface area contributed by atoms with Crippen LogP contribution in [0.25, 0.3) is 11.2 Å². The van der Waals surface area contributed by atoms with Crippen molar-refractivity contribution in [3.63, 3.8) is 0 Å². The van der Waals surface area contributed by atoms with Crippen LogP contribution in [0.4, 0.5) is 10.3 Å². The maximum atomic E-state index is 13.1. The van der Waals surface area contributed by atoms with Crippen LogP contribution in [0.2, 0.25) is 0 Å². The van der Waals surface area contributed by atoms with Gasteiger partial charge in [-0.3, -0.25) is 9.36 Å². The summed E-state index contributed by atoms with van der Waals surface area (Å²) in [5, 5.41) is 3.22. The predicted octanol–water partition coefficient (Wildman–Crippen LogP) is 3.94. The zero-order valence-corrected chi connectivity index (χ0v) is 15.5.